The zero-order valence-corrected chi connectivity index (χ0v) is 13.2. The van der Waals surface area contributed by atoms with E-state index in [0.29, 0.717) is 5.56 Å². The number of hydrogen-bond acceptors (Lipinski definition) is 4. The first-order valence-corrected chi connectivity index (χ1v) is 7.75. The molecule has 1 atom stereocenters. The lowest BCUT2D eigenvalue weighted by Gasteiger charge is -2.24. The molecule has 0 spiro atoms. The Labute approximate surface area is 143 Å². The van der Waals surface area contributed by atoms with Gasteiger partial charge in [0.2, 0.25) is 0 Å². The first-order chi connectivity index (χ1) is 12.1. The molecule has 6 heteroatoms. The van der Waals surface area contributed by atoms with Crippen molar-refractivity contribution >= 4 is 17.4 Å². The second-order valence-corrected chi connectivity index (χ2v) is 5.60. The minimum absolute atomic E-state index is 0.0904. The summed E-state index contributed by atoms with van der Waals surface area (Å²) in [6.07, 6.45) is 0. The van der Waals surface area contributed by atoms with Crippen molar-refractivity contribution in [2.45, 2.75) is 6.04 Å². The summed E-state index contributed by atoms with van der Waals surface area (Å²) in [7, 11) is 0. The topological polar surface area (TPSA) is 77.8 Å². The Balaban J connectivity index is 2.22. The van der Waals surface area contributed by atoms with Crippen molar-refractivity contribution < 1.29 is 24.2 Å². The van der Waals surface area contributed by atoms with Gasteiger partial charge in [-0.3, -0.25) is 9.59 Å². The number of Topliss-reactive ketones (excluding diaryl/α,β-unsaturated/α-hetero) is 1. The molecule has 128 valence electrons. The van der Waals surface area contributed by atoms with Crippen molar-refractivity contribution in [1.29, 1.82) is 0 Å². The standard InChI is InChI=1S/C19H16FNO4/c20-14-9-5-4-8-13(14)16-15(17(23)12-6-2-1-3-7-12)18(24)19(25)21(16)10-11-22/h1-9,16,22-23H,10-11H2/b17-15-. The molecule has 1 amide bonds. The summed E-state index contributed by atoms with van der Waals surface area (Å²) in [6.45, 7) is -0.529. The number of β-amino-alcohol motifs (C(OH)–C–C–N with tert-alkyl or cyclic N) is 1. The number of halogens is 1. The lowest BCUT2D eigenvalue weighted by Crippen LogP contribution is -2.32. The van der Waals surface area contributed by atoms with Crippen LogP contribution in [0.1, 0.15) is 17.2 Å². The number of nitrogens with zero attached hydrogens (tertiary/aromatic N) is 1. The molecule has 2 aromatic rings. The van der Waals surface area contributed by atoms with Crippen LogP contribution in [0.2, 0.25) is 0 Å². The summed E-state index contributed by atoms with van der Waals surface area (Å²) in [4.78, 5) is 25.9. The molecule has 0 aromatic heterocycles. The molecule has 0 bridgehead atoms. The maximum Gasteiger partial charge on any atom is 0.295 e. The fourth-order valence-electron chi connectivity index (χ4n) is 2.99. The third-order valence-corrected chi connectivity index (χ3v) is 4.13. The zero-order chi connectivity index (χ0) is 18.0. The summed E-state index contributed by atoms with van der Waals surface area (Å²) in [5, 5.41) is 19.8. The summed E-state index contributed by atoms with van der Waals surface area (Å²) >= 11 is 0. The molecule has 1 fully saturated rings. The Kier molecular flexibility index (Phi) is 4.63. The van der Waals surface area contributed by atoms with Crippen molar-refractivity contribution in [3.8, 4) is 0 Å². The number of ketones is 1. The molecular weight excluding hydrogens is 325 g/mol. The second kappa shape index (κ2) is 6.86. The summed E-state index contributed by atoms with van der Waals surface area (Å²) < 4.78 is 14.3. The number of likely N-dealkylation sites (tertiary alicyclic amines) is 1. The van der Waals surface area contributed by atoms with Crippen molar-refractivity contribution in [3.05, 3.63) is 77.1 Å². The molecule has 1 aliphatic rings. The van der Waals surface area contributed by atoms with Gasteiger partial charge in [0.15, 0.2) is 0 Å². The fourth-order valence-corrected chi connectivity index (χ4v) is 2.99. The van der Waals surface area contributed by atoms with Crippen LogP contribution in [0.4, 0.5) is 4.39 Å². The van der Waals surface area contributed by atoms with Crippen LogP contribution in [0.15, 0.2) is 60.2 Å². The summed E-state index contributed by atoms with van der Waals surface area (Å²) in [6, 6.07) is 12.9. The number of carbonyl (C=O) groups excluding carboxylic acids is 2. The lowest BCUT2D eigenvalue weighted by molar-refractivity contribution is -0.140. The molecule has 1 aliphatic heterocycles. The smallest absolute Gasteiger partial charge is 0.295 e. The van der Waals surface area contributed by atoms with Crippen molar-refractivity contribution in [3.63, 3.8) is 0 Å². The van der Waals surface area contributed by atoms with Crippen LogP contribution in [-0.2, 0) is 9.59 Å². The highest BCUT2D eigenvalue weighted by molar-refractivity contribution is 6.46. The third kappa shape index (κ3) is 2.92. The van der Waals surface area contributed by atoms with Gasteiger partial charge in [0.25, 0.3) is 11.7 Å². The van der Waals surface area contributed by atoms with E-state index >= 15 is 0 Å². The Morgan fingerprint density at radius 3 is 2.32 bits per heavy atom. The average Bonchev–Trinajstić information content (AvgIpc) is 2.87. The van der Waals surface area contributed by atoms with Gasteiger partial charge in [-0.15, -0.1) is 0 Å². The zero-order valence-electron chi connectivity index (χ0n) is 13.2. The van der Waals surface area contributed by atoms with E-state index in [2.05, 4.69) is 0 Å². The molecule has 2 N–H and O–H groups in total. The van der Waals surface area contributed by atoms with Crippen LogP contribution < -0.4 is 0 Å². The van der Waals surface area contributed by atoms with Crippen LogP contribution >= 0.6 is 0 Å². The number of benzene rings is 2. The molecule has 0 radical (unpaired) electrons. The van der Waals surface area contributed by atoms with Crippen LogP contribution in [0.25, 0.3) is 5.76 Å². The van der Waals surface area contributed by atoms with E-state index in [1.165, 1.54) is 18.2 Å². The Morgan fingerprint density at radius 1 is 1.04 bits per heavy atom. The fraction of sp³-hybridized carbons (Fsp3) is 0.158. The number of hydrogen-bond donors (Lipinski definition) is 2. The molecule has 5 nitrogen and oxygen atoms in total. The Morgan fingerprint density at radius 2 is 1.68 bits per heavy atom. The van der Waals surface area contributed by atoms with E-state index in [4.69, 9.17) is 0 Å². The highest BCUT2D eigenvalue weighted by Crippen LogP contribution is 2.39. The number of rotatable bonds is 4. The quantitative estimate of drug-likeness (QED) is 0.508. The molecular formula is C19H16FNO4. The molecule has 0 saturated carbocycles. The van der Waals surface area contributed by atoms with Gasteiger partial charge in [-0.05, 0) is 6.07 Å². The molecule has 0 aliphatic carbocycles. The first-order valence-electron chi connectivity index (χ1n) is 7.75. The molecule has 3 rings (SSSR count). The number of amides is 1. The van der Waals surface area contributed by atoms with E-state index in [1.54, 1.807) is 36.4 Å². The third-order valence-electron chi connectivity index (χ3n) is 4.13. The van der Waals surface area contributed by atoms with Crippen molar-refractivity contribution in [1.82, 2.24) is 4.90 Å². The monoisotopic (exact) mass is 341 g/mol. The van der Waals surface area contributed by atoms with Gasteiger partial charge in [-0.2, -0.15) is 0 Å². The Hall–Kier alpha value is -2.99. The molecule has 1 unspecified atom stereocenters. The molecule has 1 saturated heterocycles. The average molecular weight is 341 g/mol. The van der Waals surface area contributed by atoms with E-state index in [0.717, 1.165) is 4.90 Å². The lowest BCUT2D eigenvalue weighted by atomic mass is 9.95. The van der Waals surface area contributed by atoms with Gasteiger partial charge in [-0.1, -0.05) is 48.5 Å². The van der Waals surface area contributed by atoms with Gasteiger partial charge in [0.05, 0.1) is 18.2 Å². The van der Waals surface area contributed by atoms with E-state index in [9.17, 15) is 24.2 Å². The van der Waals surface area contributed by atoms with Crippen LogP contribution in [-0.4, -0.2) is 40.0 Å². The van der Waals surface area contributed by atoms with Crippen LogP contribution in [0.3, 0.4) is 0 Å². The molecule has 1 heterocycles. The van der Waals surface area contributed by atoms with Crippen molar-refractivity contribution in [2.75, 3.05) is 13.2 Å². The summed E-state index contributed by atoms with van der Waals surface area (Å²) in [5.41, 5.74) is 0.258. The van der Waals surface area contributed by atoms with Gasteiger partial charge in [-0.25, -0.2) is 4.39 Å². The van der Waals surface area contributed by atoms with Gasteiger partial charge in [0.1, 0.15) is 11.6 Å². The van der Waals surface area contributed by atoms with Gasteiger partial charge >= 0.3 is 0 Å². The second-order valence-electron chi connectivity index (χ2n) is 5.60. The number of aliphatic hydroxyl groups excluding tert-OH is 2. The van der Waals surface area contributed by atoms with E-state index in [-0.39, 0.29) is 30.0 Å². The number of carbonyl (C=O) groups is 2. The maximum atomic E-state index is 14.3. The largest absolute Gasteiger partial charge is 0.507 e. The van der Waals surface area contributed by atoms with Gasteiger partial charge in [0, 0.05) is 17.7 Å². The normalized spacial score (nSPS) is 19.4. The predicted molar refractivity (Wildman–Crippen MR) is 88.9 cm³/mol. The van der Waals surface area contributed by atoms with E-state index in [1.807, 2.05) is 0 Å². The molecule has 2 aromatic carbocycles. The Bertz CT molecular complexity index is 848. The van der Waals surface area contributed by atoms with Crippen LogP contribution in [0.5, 0.6) is 0 Å². The molecule has 25 heavy (non-hydrogen) atoms. The summed E-state index contributed by atoms with van der Waals surface area (Å²) in [5.74, 6) is -2.74. The number of aliphatic hydroxyl groups is 2. The highest BCUT2D eigenvalue weighted by Gasteiger charge is 2.46. The highest BCUT2D eigenvalue weighted by atomic mass is 19.1. The minimum atomic E-state index is -1.09. The van der Waals surface area contributed by atoms with Crippen LogP contribution in [0, 0.1) is 5.82 Å². The van der Waals surface area contributed by atoms with E-state index < -0.39 is 23.5 Å². The van der Waals surface area contributed by atoms with Gasteiger partial charge < -0.3 is 15.1 Å². The SMILES string of the molecule is O=C1C(=O)N(CCO)C(c2ccccc2F)/C1=C(/O)c1ccccc1. The minimum Gasteiger partial charge on any atom is -0.507 e. The predicted octanol–water partition coefficient (Wildman–Crippen LogP) is 2.24. The maximum absolute atomic E-state index is 14.3. The van der Waals surface area contributed by atoms with Crippen molar-refractivity contribution in [2.24, 2.45) is 0 Å². The first kappa shape index (κ1) is 16.9.